The summed E-state index contributed by atoms with van der Waals surface area (Å²) in [7, 11) is 2.07. The van der Waals surface area contributed by atoms with Crippen molar-refractivity contribution in [2.75, 3.05) is 0 Å². The fraction of sp³-hybridized carbons (Fsp3) is 0.571. The fourth-order valence-corrected chi connectivity index (χ4v) is 5.64. The van der Waals surface area contributed by atoms with Crippen molar-refractivity contribution in [1.82, 2.24) is 9.55 Å². The SMILES string of the molecule is Cn1ccn[c]1[Sn]([CH3])([CH3])[CH3]. The molecule has 56 valence electrons. The minimum atomic E-state index is -1.86. The van der Waals surface area contributed by atoms with Gasteiger partial charge in [0.2, 0.25) is 0 Å². The first-order valence-electron chi connectivity index (χ1n) is 3.49. The van der Waals surface area contributed by atoms with E-state index in [0.717, 1.165) is 0 Å². The van der Waals surface area contributed by atoms with Gasteiger partial charge < -0.3 is 0 Å². The predicted molar refractivity (Wildman–Crippen MR) is 46.2 cm³/mol. The van der Waals surface area contributed by atoms with Gasteiger partial charge in [0.25, 0.3) is 0 Å². The van der Waals surface area contributed by atoms with Gasteiger partial charge in [0.15, 0.2) is 0 Å². The number of hydrogen-bond donors (Lipinski definition) is 0. The Morgan fingerprint density at radius 2 is 2.00 bits per heavy atom. The summed E-state index contributed by atoms with van der Waals surface area (Å²) in [6.45, 7) is 0. The zero-order valence-electron chi connectivity index (χ0n) is 7.05. The van der Waals surface area contributed by atoms with Gasteiger partial charge in [0.1, 0.15) is 0 Å². The second kappa shape index (κ2) is 2.57. The molecule has 0 saturated heterocycles. The fourth-order valence-electron chi connectivity index (χ4n) is 1.09. The maximum absolute atomic E-state index is 4.34. The van der Waals surface area contributed by atoms with Gasteiger partial charge >= 0.3 is 66.0 Å². The molecule has 1 heterocycles. The Morgan fingerprint density at radius 3 is 2.20 bits per heavy atom. The normalized spacial score (nSPS) is 12.0. The Morgan fingerprint density at radius 1 is 1.40 bits per heavy atom. The molecule has 0 N–H and O–H groups in total. The zero-order chi connectivity index (χ0) is 7.78. The van der Waals surface area contributed by atoms with E-state index >= 15 is 0 Å². The molecule has 0 aliphatic carbocycles. The van der Waals surface area contributed by atoms with Crippen molar-refractivity contribution in [1.29, 1.82) is 0 Å². The Hall–Kier alpha value is 0.00870. The zero-order valence-corrected chi connectivity index (χ0v) is 9.90. The second-order valence-corrected chi connectivity index (χ2v) is 17.7. The van der Waals surface area contributed by atoms with Crippen LogP contribution in [0.1, 0.15) is 0 Å². The van der Waals surface area contributed by atoms with Crippen LogP contribution < -0.4 is 3.84 Å². The van der Waals surface area contributed by atoms with Crippen LogP contribution in [0.15, 0.2) is 12.4 Å². The van der Waals surface area contributed by atoms with Crippen molar-refractivity contribution in [3.05, 3.63) is 12.4 Å². The molecular weight excluding hydrogens is 231 g/mol. The topological polar surface area (TPSA) is 17.8 Å². The van der Waals surface area contributed by atoms with Crippen LogP contribution in [-0.4, -0.2) is 27.9 Å². The summed E-state index contributed by atoms with van der Waals surface area (Å²) in [5.74, 6) is 0. The van der Waals surface area contributed by atoms with E-state index in [4.69, 9.17) is 0 Å². The van der Waals surface area contributed by atoms with Crippen molar-refractivity contribution in [3.63, 3.8) is 0 Å². The average molecular weight is 245 g/mol. The molecular formula is C7H14N2Sn. The molecule has 0 saturated carbocycles. The van der Waals surface area contributed by atoms with Gasteiger partial charge in [-0.25, -0.2) is 0 Å². The van der Waals surface area contributed by atoms with Gasteiger partial charge in [-0.05, 0) is 0 Å². The van der Waals surface area contributed by atoms with Crippen LogP contribution in [0.5, 0.6) is 0 Å². The molecule has 0 fully saturated rings. The minimum absolute atomic E-state index is 1.34. The molecule has 1 aromatic heterocycles. The van der Waals surface area contributed by atoms with Gasteiger partial charge in [-0.3, -0.25) is 0 Å². The monoisotopic (exact) mass is 246 g/mol. The van der Waals surface area contributed by atoms with E-state index in [1.54, 1.807) is 0 Å². The van der Waals surface area contributed by atoms with E-state index in [1.807, 2.05) is 12.4 Å². The molecule has 0 radical (unpaired) electrons. The maximum atomic E-state index is 4.34. The van der Waals surface area contributed by atoms with Crippen molar-refractivity contribution in [2.24, 2.45) is 7.05 Å². The average Bonchev–Trinajstić information content (AvgIpc) is 2.11. The Balaban J connectivity index is 3.05. The molecule has 0 spiro atoms. The summed E-state index contributed by atoms with van der Waals surface area (Å²) in [6, 6.07) is 0. The van der Waals surface area contributed by atoms with E-state index in [-0.39, 0.29) is 0 Å². The first-order chi connectivity index (χ1) is 4.52. The Kier molecular flexibility index (Phi) is 2.08. The summed E-state index contributed by atoms with van der Waals surface area (Å²) >= 11 is -1.86. The molecule has 0 bridgehead atoms. The van der Waals surface area contributed by atoms with Crippen LogP contribution in [-0.2, 0) is 7.05 Å². The van der Waals surface area contributed by atoms with E-state index in [0.29, 0.717) is 0 Å². The van der Waals surface area contributed by atoms with Crippen LogP contribution in [0, 0.1) is 0 Å². The van der Waals surface area contributed by atoms with Crippen LogP contribution in [0.25, 0.3) is 0 Å². The van der Waals surface area contributed by atoms with E-state index in [9.17, 15) is 0 Å². The second-order valence-electron chi connectivity index (χ2n) is 3.61. The number of aromatic nitrogens is 2. The summed E-state index contributed by atoms with van der Waals surface area (Å²) in [6.07, 6.45) is 3.91. The molecule has 0 atom stereocenters. The number of imidazole rings is 1. The van der Waals surface area contributed by atoms with Gasteiger partial charge in [0.05, 0.1) is 0 Å². The van der Waals surface area contributed by atoms with Gasteiger partial charge in [-0.2, -0.15) is 0 Å². The molecule has 3 heteroatoms. The number of nitrogens with zero attached hydrogens (tertiary/aromatic N) is 2. The van der Waals surface area contributed by atoms with Crippen molar-refractivity contribution >= 4 is 22.2 Å². The van der Waals surface area contributed by atoms with Crippen molar-refractivity contribution in [2.45, 2.75) is 14.8 Å². The van der Waals surface area contributed by atoms with E-state index in [2.05, 4.69) is 31.4 Å². The molecule has 1 aromatic rings. The van der Waals surface area contributed by atoms with Crippen LogP contribution >= 0.6 is 0 Å². The summed E-state index contributed by atoms with van der Waals surface area (Å²) in [4.78, 5) is 11.5. The van der Waals surface area contributed by atoms with Crippen LogP contribution in [0.4, 0.5) is 0 Å². The summed E-state index contributed by atoms with van der Waals surface area (Å²) in [5.41, 5.74) is 0. The Labute approximate surface area is 66.1 Å². The number of hydrogen-bond acceptors (Lipinski definition) is 1. The van der Waals surface area contributed by atoms with E-state index in [1.165, 1.54) is 3.84 Å². The predicted octanol–water partition coefficient (Wildman–Crippen LogP) is 0.965. The number of aryl methyl sites for hydroxylation is 1. The van der Waals surface area contributed by atoms with Crippen molar-refractivity contribution in [3.8, 4) is 0 Å². The van der Waals surface area contributed by atoms with Gasteiger partial charge in [-0.1, -0.05) is 0 Å². The molecule has 0 aromatic carbocycles. The molecule has 0 aliphatic heterocycles. The van der Waals surface area contributed by atoms with Gasteiger partial charge in [-0.15, -0.1) is 0 Å². The first kappa shape index (κ1) is 8.11. The molecule has 10 heavy (non-hydrogen) atoms. The van der Waals surface area contributed by atoms with Crippen LogP contribution in [0.3, 0.4) is 0 Å². The quantitative estimate of drug-likeness (QED) is 0.674. The number of rotatable bonds is 1. The third-order valence-corrected chi connectivity index (χ3v) is 6.70. The Bertz CT molecular complexity index is 222. The first-order valence-corrected chi connectivity index (χ1v) is 13.5. The molecule has 2 nitrogen and oxygen atoms in total. The third-order valence-electron chi connectivity index (χ3n) is 1.49. The molecule has 1 rings (SSSR count). The van der Waals surface area contributed by atoms with E-state index < -0.39 is 18.4 Å². The molecule has 0 aliphatic rings. The summed E-state index contributed by atoms with van der Waals surface area (Å²) < 4.78 is 3.49. The van der Waals surface area contributed by atoms with Crippen LogP contribution in [0.2, 0.25) is 14.8 Å². The van der Waals surface area contributed by atoms with Gasteiger partial charge in [0, 0.05) is 0 Å². The molecule has 0 unspecified atom stereocenters. The third kappa shape index (κ3) is 1.54. The molecule has 0 amide bonds. The van der Waals surface area contributed by atoms with Crippen molar-refractivity contribution < 1.29 is 0 Å². The standard InChI is InChI=1S/C4H5N2.3CH3.Sn/c1-6-3-2-5-4-6;;;;/h2-3H,1H3;3*1H3;. The summed E-state index contributed by atoms with van der Waals surface area (Å²) in [5, 5.41) is 0.